The van der Waals surface area contributed by atoms with Crippen LogP contribution in [0.2, 0.25) is 0 Å². The maximum Gasteiger partial charge on any atom is 0.453 e. The van der Waals surface area contributed by atoms with Gasteiger partial charge < -0.3 is 4.90 Å². The van der Waals surface area contributed by atoms with Gasteiger partial charge in [-0.05, 0) is 36.1 Å². The van der Waals surface area contributed by atoms with E-state index in [0.717, 1.165) is 0 Å². The molecule has 2 atom stereocenters. The summed E-state index contributed by atoms with van der Waals surface area (Å²) in [6, 6.07) is 11.4. The molecule has 4 heterocycles. The van der Waals surface area contributed by atoms with Crippen molar-refractivity contribution in [3.8, 4) is 0 Å². The number of anilines is 1. The Balaban J connectivity index is 1.35. The number of benzene rings is 1. The summed E-state index contributed by atoms with van der Waals surface area (Å²) in [5.41, 5.74) is 0.0191. The highest BCUT2D eigenvalue weighted by atomic mass is 32.2. The second kappa shape index (κ2) is 6.64. The number of hydrogen-bond donors (Lipinski definition) is 0. The Kier molecular flexibility index (Phi) is 4.26. The second-order valence-electron chi connectivity index (χ2n) is 7.54. The van der Waals surface area contributed by atoms with Gasteiger partial charge in [-0.1, -0.05) is 18.2 Å². The Labute approximate surface area is 170 Å². The van der Waals surface area contributed by atoms with Crippen molar-refractivity contribution in [3.63, 3.8) is 0 Å². The molecule has 2 fully saturated rings. The molecule has 2 unspecified atom stereocenters. The van der Waals surface area contributed by atoms with Crippen LogP contribution in [0, 0.1) is 11.8 Å². The van der Waals surface area contributed by atoms with Crippen LogP contribution in [0.15, 0.2) is 47.4 Å². The van der Waals surface area contributed by atoms with E-state index in [1.165, 1.54) is 10.4 Å². The molecule has 2 saturated heterocycles. The third-order valence-electron chi connectivity index (χ3n) is 5.66. The van der Waals surface area contributed by atoms with Crippen molar-refractivity contribution < 1.29 is 21.6 Å². The number of rotatable bonds is 3. The zero-order valence-corrected chi connectivity index (χ0v) is 16.4. The zero-order chi connectivity index (χ0) is 21.1. The molecule has 158 valence electrons. The standard InChI is InChI=1S/C18H17F3N6O2S/c19-18(20,21)17-23-22-15-6-7-16(24-27(15)17)25-8-12-10-26(11-13(12)9-25)30(28,29)14-4-2-1-3-5-14/h1-7,12-13H,8-11H2. The fourth-order valence-corrected chi connectivity index (χ4v) is 5.77. The molecule has 2 aliphatic heterocycles. The van der Waals surface area contributed by atoms with Crippen LogP contribution in [0.4, 0.5) is 19.0 Å². The van der Waals surface area contributed by atoms with Gasteiger partial charge in [-0.3, -0.25) is 0 Å². The third-order valence-corrected chi connectivity index (χ3v) is 7.51. The maximum atomic E-state index is 13.1. The molecule has 0 saturated carbocycles. The summed E-state index contributed by atoms with van der Waals surface area (Å²) in [7, 11) is -3.55. The topological polar surface area (TPSA) is 83.7 Å². The molecule has 5 rings (SSSR count). The van der Waals surface area contributed by atoms with E-state index in [-0.39, 0.29) is 22.4 Å². The van der Waals surface area contributed by atoms with Gasteiger partial charge in [0.15, 0.2) is 5.65 Å². The summed E-state index contributed by atoms with van der Waals surface area (Å²) in [6.07, 6.45) is -4.65. The smallest absolute Gasteiger partial charge is 0.355 e. The lowest BCUT2D eigenvalue weighted by Crippen LogP contribution is -2.33. The van der Waals surface area contributed by atoms with Crippen molar-refractivity contribution in [3.05, 3.63) is 48.3 Å². The van der Waals surface area contributed by atoms with Crippen LogP contribution in [-0.4, -0.2) is 58.7 Å². The van der Waals surface area contributed by atoms with Crippen molar-refractivity contribution in [2.75, 3.05) is 31.1 Å². The Morgan fingerprint density at radius 1 is 0.900 bits per heavy atom. The third kappa shape index (κ3) is 3.10. The minimum absolute atomic E-state index is 0.0191. The molecule has 0 N–H and O–H groups in total. The van der Waals surface area contributed by atoms with Gasteiger partial charge in [-0.2, -0.15) is 22.0 Å². The first-order valence-electron chi connectivity index (χ1n) is 9.33. The molecule has 0 bridgehead atoms. The molecule has 2 aromatic heterocycles. The largest absolute Gasteiger partial charge is 0.453 e. The minimum Gasteiger partial charge on any atom is -0.355 e. The monoisotopic (exact) mass is 438 g/mol. The maximum absolute atomic E-state index is 13.1. The molecular formula is C18H17F3N6O2S. The van der Waals surface area contributed by atoms with Crippen LogP contribution in [0.3, 0.4) is 0 Å². The molecule has 8 nitrogen and oxygen atoms in total. The molecule has 30 heavy (non-hydrogen) atoms. The number of aromatic nitrogens is 4. The van der Waals surface area contributed by atoms with E-state index in [0.29, 0.717) is 36.5 Å². The fraction of sp³-hybridized carbons (Fsp3) is 0.389. The van der Waals surface area contributed by atoms with Gasteiger partial charge in [0.2, 0.25) is 10.0 Å². The Bertz CT molecular complexity index is 1180. The van der Waals surface area contributed by atoms with E-state index >= 15 is 0 Å². The van der Waals surface area contributed by atoms with Crippen LogP contribution in [0.25, 0.3) is 5.65 Å². The van der Waals surface area contributed by atoms with E-state index in [1.54, 1.807) is 36.4 Å². The highest BCUT2D eigenvalue weighted by Gasteiger charge is 2.45. The van der Waals surface area contributed by atoms with E-state index in [4.69, 9.17) is 0 Å². The van der Waals surface area contributed by atoms with Crippen LogP contribution in [0.1, 0.15) is 5.82 Å². The predicted octanol–water partition coefficient (Wildman–Crippen LogP) is 1.90. The van der Waals surface area contributed by atoms with Crippen molar-refractivity contribution in [2.45, 2.75) is 11.1 Å². The Morgan fingerprint density at radius 2 is 1.57 bits per heavy atom. The molecule has 3 aromatic rings. The van der Waals surface area contributed by atoms with Gasteiger partial charge in [-0.25, -0.2) is 8.42 Å². The summed E-state index contributed by atoms with van der Waals surface area (Å²) in [4.78, 5) is 2.16. The highest BCUT2D eigenvalue weighted by molar-refractivity contribution is 7.89. The van der Waals surface area contributed by atoms with Crippen LogP contribution in [-0.2, 0) is 16.2 Å². The predicted molar refractivity (Wildman–Crippen MR) is 100 cm³/mol. The number of hydrogen-bond acceptors (Lipinski definition) is 6. The van der Waals surface area contributed by atoms with E-state index in [1.807, 2.05) is 4.90 Å². The van der Waals surface area contributed by atoms with E-state index in [2.05, 4.69) is 15.3 Å². The molecular weight excluding hydrogens is 421 g/mol. The first kappa shape index (κ1) is 19.2. The lowest BCUT2D eigenvalue weighted by atomic mass is 10.0. The second-order valence-corrected chi connectivity index (χ2v) is 9.48. The first-order valence-corrected chi connectivity index (χ1v) is 10.8. The quantitative estimate of drug-likeness (QED) is 0.621. The number of halogens is 3. The number of alkyl halides is 3. The average Bonchev–Trinajstić information content (AvgIpc) is 3.40. The first-order chi connectivity index (χ1) is 14.2. The Morgan fingerprint density at radius 3 is 2.20 bits per heavy atom. The van der Waals surface area contributed by atoms with Crippen LogP contribution in [0.5, 0.6) is 0 Å². The van der Waals surface area contributed by atoms with Crippen molar-refractivity contribution >= 4 is 21.5 Å². The number of fused-ring (bicyclic) bond motifs is 2. The molecule has 12 heteroatoms. The summed E-state index contributed by atoms with van der Waals surface area (Å²) in [5, 5.41) is 10.8. The molecule has 0 radical (unpaired) electrons. The van der Waals surface area contributed by atoms with Gasteiger partial charge in [0.1, 0.15) is 5.82 Å². The van der Waals surface area contributed by atoms with Gasteiger partial charge in [-0.15, -0.1) is 15.3 Å². The van der Waals surface area contributed by atoms with Crippen LogP contribution < -0.4 is 4.90 Å². The number of sulfonamides is 1. The highest BCUT2D eigenvalue weighted by Crippen LogP contribution is 2.36. The lowest BCUT2D eigenvalue weighted by molar-refractivity contribution is -0.146. The van der Waals surface area contributed by atoms with Crippen molar-refractivity contribution in [1.29, 1.82) is 0 Å². The summed E-state index contributed by atoms with van der Waals surface area (Å²) < 4.78 is 67.2. The normalized spacial score (nSPS) is 22.7. The van der Waals surface area contributed by atoms with Crippen molar-refractivity contribution in [1.82, 2.24) is 24.1 Å². The molecule has 1 aromatic carbocycles. The molecule has 2 aliphatic rings. The van der Waals surface area contributed by atoms with E-state index < -0.39 is 22.0 Å². The molecule has 0 aliphatic carbocycles. The Hall–Kier alpha value is -2.73. The van der Waals surface area contributed by atoms with Crippen LogP contribution >= 0.6 is 0 Å². The van der Waals surface area contributed by atoms with Gasteiger partial charge >= 0.3 is 6.18 Å². The van der Waals surface area contributed by atoms with Crippen molar-refractivity contribution in [2.24, 2.45) is 11.8 Å². The summed E-state index contributed by atoms with van der Waals surface area (Å²) in [6.45, 7) is 1.79. The lowest BCUT2D eigenvalue weighted by Gasteiger charge is -2.22. The number of nitrogens with zero attached hydrogens (tertiary/aromatic N) is 6. The summed E-state index contributed by atoms with van der Waals surface area (Å²) in [5.74, 6) is -0.605. The molecule has 0 spiro atoms. The fourth-order valence-electron chi connectivity index (χ4n) is 4.20. The minimum atomic E-state index is -4.65. The van der Waals surface area contributed by atoms with Gasteiger partial charge in [0, 0.05) is 26.2 Å². The van der Waals surface area contributed by atoms with E-state index in [9.17, 15) is 21.6 Å². The van der Waals surface area contributed by atoms with Gasteiger partial charge in [0.05, 0.1) is 4.90 Å². The SMILES string of the molecule is O=S(=O)(c1ccccc1)N1CC2CN(c3ccc4nnc(C(F)(F)F)n4n3)CC2C1. The zero-order valence-electron chi connectivity index (χ0n) is 15.6. The molecule has 0 amide bonds. The average molecular weight is 438 g/mol. The summed E-state index contributed by atoms with van der Waals surface area (Å²) >= 11 is 0. The van der Waals surface area contributed by atoms with Gasteiger partial charge in [0.25, 0.3) is 5.82 Å².